The number of nitrogens with one attached hydrogen (secondary N) is 1. The Bertz CT molecular complexity index is 857. The molecule has 2 atom stereocenters. The first-order valence-electron chi connectivity index (χ1n) is 11.4. The van der Waals surface area contributed by atoms with Crippen LogP contribution in [0.25, 0.3) is 0 Å². The molecule has 2 heterocycles. The first-order chi connectivity index (χ1) is 15.6. The second-order valence-electron chi connectivity index (χ2n) is 8.71. The van der Waals surface area contributed by atoms with Gasteiger partial charge >= 0.3 is 6.61 Å². The van der Waals surface area contributed by atoms with E-state index in [1.54, 1.807) is 24.3 Å². The fourth-order valence-corrected chi connectivity index (χ4v) is 4.70. The monoisotopic (exact) mass is 443 g/mol. The number of ether oxygens (including phenoxy) is 1. The van der Waals surface area contributed by atoms with Crippen LogP contribution in [0.5, 0.6) is 5.75 Å². The zero-order valence-electron chi connectivity index (χ0n) is 18.3. The number of nitrogens with zero attached hydrogens (tertiary/aromatic N) is 2. The summed E-state index contributed by atoms with van der Waals surface area (Å²) in [5.74, 6) is 0.222. The molecule has 1 N–H and O–H groups in total. The Morgan fingerprint density at radius 1 is 1.03 bits per heavy atom. The lowest BCUT2D eigenvalue weighted by Gasteiger charge is -2.26. The molecule has 2 aromatic carbocycles. The van der Waals surface area contributed by atoms with Crippen LogP contribution >= 0.6 is 0 Å². The minimum Gasteiger partial charge on any atom is -0.435 e. The summed E-state index contributed by atoms with van der Waals surface area (Å²) < 4.78 is 29.3. The molecule has 0 aromatic heterocycles. The standard InChI is InChI=1S/C25H31F2N3O2/c26-25(27)32-23-10-8-19(9-11-23)16-21(18-29-13-4-5-14-29)28-24(31)20-12-15-30(17-20)22-6-2-1-3-7-22/h1-3,6-11,20-21,25H,4-5,12-18H2,(H,28,31)/t20-,21?/m1/s1. The van der Waals surface area contributed by atoms with Gasteiger partial charge in [-0.3, -0.25) is 4.79 Å². The van der Waals surface area contributed by atoms with E-state index in [9.17, 15) is 13.6 Å². The molecule has 172 valence electrons. The Labute approximate surface area is 188 Å². The van der Waals surface area contributed by atoms with Gasteiger partial charge in [0.15, 0.2) is 0 Å². The van der Waals surface area contributed by atoms with Crippen molar-refractivity contribution in [2.24, 2.45) is 5.92 Å². The molecule has 0 spiro atoms. The van der Waals surface area contributed by atoms with Gasteiger partial charge in [0.25, 0.3) is 0 Å². The second kappa shape index (κ2) is 10.8. The SMILES string of the molecule is O=C(NC(Cc1ccc(OC(F)F)cc1)CN1CCCC1)[C@@H]1CCN(c2ccccc2)C1. The number of para-hydroxylation sites is 1. The van der Waals surface area contributed by atoms with Crippen LogP contribution in [0.15, 0.2) is 54.6 Å². The van der Waals surface area contributed by atoms with Crippen molar-refractivity contribution in [3.8, 4) is 5.75 Å². The molecule has 2 fully saturated rings. The lowest BCUT2D eigenvalue weighted by Crippen LogP contribution is -2.46. The van der Waals surface area contributed by atoms with E-state index in [4.69, 9.17) is 0 Å². The molecule has 2 aliphatic heterocycles. The van der Waals surface area contributed by atoms with Gasteiger partial charge in [-0.25, -0.2) is 0 Å². The zero-order chi connectivity index (χ0) is 22.3. The van der Waals surface area contributed by atoms with Crippen molar-refractivity contribution in [3.63, 3.8) is 0 Å². The summed E-state index contributed by atoms with van der Waals surface area (Å²) in [5, 5.41) is 3.29. The Morgan fingerprint density at radius 2 is 1.75 bits per heavy atom. The highest BCUT2D eigenvalue weighted by Gasteiger charge is 2.30. The summed E-state index contributed by atoms with van der Waals surface area (Å²) in [4.78, 5) is 17.8. The Morgan fingerprint density at radius 3 is 2.44 bits per heavy atom. The van der Waals surface area contributed by atoms with Gasteiger partial charge in [0, 0.05) is 31.4 Å². The van der Waals surface area contributed by atoms with E-state index in [1.165, 1.54) is 12.8 Å². The molecule has 0 aliphatic carbocycles. The normalized spacial score (nSPS) is 20.0. The first-order valence-corrected chi connectivity index (χ1v) is 11.4. The molecule has 1 unspecified atom stereocenters. The summed E-state index contributed by atoms with van der Waals surface area (Å²) in [6, 6.07) is 16.9. The Hall–Kier alpha value is -2.67. The number of rotatable bonds is 9. The van der Waals surface area contributed by atoms with Crippen molar-refractivity contribution in [2.45, 2.75) is 38.3 Å². The third-order valence-corrected chi connectivity index (χ3v) is 6.33. The van der Waals surface area contributed by atoms with E-state index in [2.05, 4.69) is 32.0 Å². The van der Waals surface area contributed by atoms with Crippen LogP contribution < -0.4 is 15.0 Å². The highest BCUT2D eigenvalue weighted by molar-refractivity contribution is 5.80. The van der Waals surface area contributed by atoms with Crippen molar-refractivity contribution in [3.05, 3.63) is 60.2 Å². The van der Waals surface area contributed by atoms with Crippen molar-refractivity contribution < 1.29 is 18.3 Å². The summed E-state index contributed by atoms with van der Waals surface area (Å²) in [5.41, 5.74) is 2.15. The number of amides is 1. The van der Waals surface area contributed by atoms with Gasteiger partial charge < -0.3 is 19.9 Å². The largest absolute Gasteiger partial charge is 0.435 e. The highest BCUT2D eigenvalue weighted by Crippen LogP contribution is 2.24. The third kappa shape index (κ3) is 6.19. The molecule has 0 saturated carbocycles. The Kier molecular flexibility index (Phi) is 7.58. The van der Waals surface area contributed by atoms with Crippen molar-refractivity contribution in [1.29, 1.82) is 0 Å². The number of anilines is 1. The first kappa shape index (κ1) is 22.5. The summed E-state index contributed by atoms with van der Waals surface area (Å²) in [6.07, 6.45) is 3.88. The lowest BCUT2D eigenvalue weighted by molar-refractivity contribution is -0.125. The topological polar surface area (TPSA) is 44.8 Å². The minimum absolute atomic E-state index is 0.0201. The molecule has 2 saturated heterocycles. The molecular weight excluding hydrogens is 412 g/mol. The van der Waals surface area contributed by atoms with E-state index in [0.29, 0.717) is 6.42 Å². The molecule has 5 nitrogen and oxygen atoms in total. The maximum atomic E-state index is 13.1. The molecular formula is C25H31F2N3O2. The molecule has 32 heavy (non-hydrogen) atoms. The number of likely N-dealkylation sites (tertiary alicyclic amines) is 1. The predicted octanol–water partition coefficient (Wildman–Crippen LogP) is 3.94. The summed E-state index contributed by atoms with van der Waals surface area (Å²) in [7, 11) is 0. The van der Waals surface area contributed by atoms with E-state index in [1.807, 2.05) is 18.2 Å². The number of halogens is 2. The van der Waals surface area contributed by atoms with Gasteiger partial charge in [-0.1, -0.05) is 30.3 Å². The van der Waals surface area contributed by atoms with E-state index < -0.39 is 6.61 Å². The summed E-state index contributed by atoms with van der Waals surface area (Å²) >= 11 is 0. The number of carbonyl (C=O) groups excluding carboxylic acids is 1. The van der Waals surface area contributed by atoms with Crippen LogP contribution in [0, 0.1) is 5.92 Å². The van der Waals surface area contributed by atoms with Gasteiger partial charge in [-0.15, -0.1) is 0 Å². The molecule has 0 bridgehead atoms. The van der Waals surface area contributed by atoms with E-state index in [-0.39, 0.29) is 23.6 Å². The molecule has 4 rings (SSSR count). The zero-order valence-corrected chi connectivity index (χ0v) is 18.3. The van der Waals surface area contributed by atoms with E-state index >= 15 is 0 Å². The number of carbonyl (C=O) groups is 1. The highest BCUT2D eigenvalue weighted by atomic mass is 19.3. The van der Waals surface area contributed by atoms with Crippen molar-refractivity contribution in [2.75, 3.05) is 37.6 Å². The van der Waals surface area contributed by atoms with Gasteiger partial charge in [-0.05, 0) is 68.6 Å². The summed E-state index contributed by atoms with van der Waals surface area (Å²) in [6.45, 7) is 1.69. The van der Waals surface area contributed by atoms with Crippen LogP contribution in [-0.2, 0) is 11.2 Å². The fraction of sp³-hybridized carbons (Fsp3) is 0.480. The van der Waals surface area contributed by atoms with Crippen LogP contribution in [0.2, 0.25) is 0 Å². The van der Waals surface area contributed by atoms with Crippen molar-refractivity contribution in [1.82, 2.24) is 10.2 Å². The van der Waals surface area contributed by atoms with Crippen LogP contribution in [0.1, 0.15) is 24.8 Å². The van der Waals surface area contributed by atoms with E-state index in [0.717, 1.165) is 50.4 Å². The molecule has 1 amide bonds. The molecule has 0 radical (unpaired) electrons. The minimum atomic E-state index is -2.83. The van der Waals surface area contributed by atoms with Gasteiger partial charge in [0.2, 0.25) is 5.91 Å². The third-order valence-electron chi connectivity index (χ3n) is 6.33. The second-order valence-corrected chi connectivity index (χ2v) is 8.71. The van der Waals surface area contributed by atoms with Gasteiger partial charge in [0.1, 0.15) is 5.75 Å². The average molecular weight is 444 g/mol. The quantitative estimate of drug-likeness (QED) is 0.638. The van der Waals surface area contributed by atoms with Crippen LogP contribution in [-0.4, -0.2) is 56.2 Å². The fourth-order valence-electron chi connectivity index (χ4n) is 4.70. The number of alkyl halides is 2. The number of hydrogen-bond acceptors (Lipinski definition) is 4. The number of hydrogen-bond donors (Lipinski definition) is 1. The predicted molar refractivity (Wildman–Crippen MR) is 121 cm³/mol. The van der Waals surface area contributed by atoms with Crippen molar-refractivity contribution >= 4 is 11.6 Å². The molecule has 2 aliphatic rings. The Balaban J connectivity index is 1.37. The molecule has 2 aromatic rings. The lowest BCUT2D eigenvalue weighted by atomic mass is 10.0. The average Bonchev–Trinajstić information content (AvgIpc) is 3.48. The van der Waals surface area contributed by atoms with Gasteiger partial charge in [-0.2, -0.15) is 8.78 Å². The number of benzene rings is 2. The molecule has 7 heteroatoms. The smallest absolute Gasteiger partial charge is 0.387 e. The van der Waals surface area contributed by atoms with Crippen LogP contribution in [0.3, 0.4) is 0 Å². The maximum Gasteiger partial charge on any atom is 0.387 e. The van der Waals surface area contributed by atoms with Gasteiger partial charge in [0.05, 0.1) is 5.92 Å². The van der Waals surface area contributed by atoms with Crippen LogP contribution in [0.4, 0.5) is 14.5 Å². The maximum absolute atomic E-state index is 13.1.